The molecule has 0 aliphatic heterocycles. The third-order valence-electron chi connectivity index (χ3n) is 3.10. The summed E-state index contributed by atoms with van der Waals surface area (Å²) in [5.74, 6) is 0.734. The predicted molar refractivity (Wildman–Crippen MR) is 77.4 cm³/mol. The molecule has 4 heteroatoms. The number of rotatable bonds is 6. The van der Waals surface area contributed by atoms with Gasteiger partial charge in [0, 0.05) is 18.2 Å². The molecule has 0 saturated heterocycles. The van der Waals surface area contributed by atoms with Crippen LogP contribution in [-0.2, 0) is 7.05 Å². The summed E-state index contributed by atoms with van der Waals surface area (Å²) >= 11 is 0. The molecule has 1 aromatic heterocycles. The van der Waals surface area contributed by atoms with Gasteiger partial charge in [-0.15, -0.1) is 5.10 Å². The van der Waals surface area contributed by atoms with E-state index in [1.165, 1.54) is 5.56 Å². The van der Waals surface area contributed by atoms with Gasteiger partial charge in [0.1, 0.15) is 0 Å². The van der Waals surface area contributed by atoms with Crippen molar-refractivity contribution in [1.82, 2.24) is 15.1 Å². The van der Waals surface area contributed by atoms with Crippen LogP contribution >= 0.6 is 0 Å². The Morgan fingerprint density at radius 1 is 1.26 bits per heavy atom. The molecule has 2 rings (SSSR count). The van der Waals surface area contributed by atoms with E-state index in [0.29, 0.717) is 6.61 Å². The largest absolute Gasteiger partial charge is 0.476 e. The highest BCUT2D eigenvalue weighted by atomic mass is 16.5. The summed E-state index contributed by atoms with van der Waals surface area (Å²) in [6, 6.07) is 10.3. The highest BCUT2D eigenvalue weighted by Gasteiger charge is 2.14. The molecule has 0 aliphatic rings. The Labute approximate surface area is 114 Å². The Balaban J connectivity index is 2.16. The van der Waals surface area contributed by atoms with Crippen molar-refractivity contribution in [3.8, 4) is 17.1 Å². The number of benzene rings is 1. The molecule has 0 saturated carbocycles. The molecule has 0 bridgehead atoms. The summed E-state index contributed by atoms with van der Waals surface area (Å²) in [7, 11) is 3.90. The fourth-order valence-corrected chi connectivity index (χ4v) is 2.16. The molecule has 0 spiro atoms. The van der Waals surface area contributed by atoms with Crippen molar-refractivity contribution in [3.05, 3.63) is 35.9 Å². The zero-order valence-corrected chi connectivity index (χ0v) is 11.8. The number of aryl methyl sites for hydroxylation is 1. The maximum absolute atomic E-state index is 5.75. The minimum Gasteiger partial charge on any atom is -0.476 e. The minimum absolute atomic E-state index is 0.687. The third kappa shape index (κ3) is 3.15. The van der Waals surface area contributed by atoms with Crippen molar-refractivity contribution >= 4 is 0 Å². The zero-order chi connectivity index (χ0) is 13.7. The molecule has 1 N–H and O–H groups in total. The molecule has 0 radical (unpaired) electrons. The minimum atomic E-state index is 0.687. The molecular weight excluding hydrogens is 238 g/mol. The Morgan fingerprint density at radius 3 is 2.68 bits per heavy atom. The van der Waals surface area contributed by atoms with Crippen molar-refractivity contribution in [2.24, 2.45) is 7.05 Å². The van der Waals surface area contributed by atoms with Gasteiger partial charge in [-0.1, -0.05) is 30.3 Å². The lowest BCUT2D eigenvalue weighted by Crippen LogP contribution is -2.11. The summed E-state index contributed by atoms with van der Waals surface area (Å²) < 4.78 is 7.64. The van der Waals surface area contributed by atoms with Gasteiger partial charge < -0.3 is 10.1 Å². The second kappa shape index (κ2) is 6.38. The van der Waals surface area contributed by atoms with Crippen LogP contribution in [0.1, 0.15) is 12.0 Å². The van der Waals surface area contributed by atoms with Crippen molar-refractivity contribution < 1.29 is 4.74 Å². The molecule has 0 unspecified atom stereocenters. The van der Waals surface area contributed by atoms with Gasteiger partial charge in [0.05, 0.1) is 12.3 Å². The van der Waals surface area contributed by atoms with Crippen LogP contribution in [0, 0.1) is 6.92 Å². The van der Waals surface area contributed by atoms with E-state index in [9.17, 15) is 0 Å². The van der Waals surface area contributed by atoms with Crippen LogP contribution in [0.15, 0.2) is 30.3 Å². The van der Waals surface area contributed by atoms with Gasteiger partial charge >= 0.3 is 0 Å². The van der Waals surface area contributed by atoms with Crippen molar-refractivity contribution in [3.63, 3.8) is 0 Å². The van der Waals surface area contributed by atoms with E-state index >= 15 is 0 Å². The Bertz CT molecular complexity index is 520. The van der Waals surface area contributed by atoms with Crippen molar-refractivity contribution in [2.75, 3.05) is 20.2 Å². The first-order chi connectivity index (χ1) is 9.24. The van der Waals surface area contributed by atoms with E-state index in [2.05, 4.69) is 29.5 Å². The van der Waals surface area contributed by atoms with Gasteiger partial charge in [-0.3, -0.25) is 4.68 Å². The lowest BCUT2D eigenvalue weighted by Gasteiger charge is -2.04. The average Bonchev–Trinajstić information content (AvgIpc) is 2.71. The van der Waals surface area contributed by atoms with Gasteiger partial charge in [-0.2, -0.15) is 0 Å². The topological polar surface area (TPSA) is 39.1 Å². The molecule has 2 aromatic rings. The SMILES string of the molecule is CNCCCOc1nn(C)c(-c2ccccc2)c1C. The predicted octanol–water partition coefficient (Wildman–Crippen LogP) is 2.38. The molecule has 4 nitrogen and oxygen atoms in total. The lowest BCUT2D eigenvalue weighted by molar-refractivity contribution is 0.293. The van der Waals surface area contributed by atoms with Crippen LogP contribution in [0.25, 0.3) is 11.3 Å². The molecule has 1 aromatic carbocycles. The van der Waals surface area contributed by atoms with Gasteiger partial charge in [0.25, 0.3) is 0 Å². The van der Waals surface area contributed by atoms with Crippen LogP contribution in [0.4, 0.5) is 0 Å². The van der Waals surface area contributed by atoms with E-state index in [1.54, 1.807) is 0 Å². The number of aromatic nitrogens is 2. The van der Waals surface area contributed by atoms with Crippen molar-refractivity contribution in [2.45, 2.75) is 13.3 Å². The van der Waals surface area contributed by atoms with E-state index in [-0.39, 0.29) is 0 Å². The number of ether oxygens (including phenoxy) is 1. The van der Waals surface area contributed by atoms with E-state index in [0.717, 1.165) is 30.1 Å². The molecule has 102 valence electrons. The second-order valence-electron chi connectivity index (χ2n) is 4.57. The molecule has 1 heterocycles. The lowest BCUT2D eigenvalue weighted by atomic mass is 10.1. The Hall–Kier alpha value is -1.81. The first kappa shape index (κ1) is 13.6. The van der Waals surface area contributed by atoms with Crippen LogP contribution < -0.4 is 10.1 Å². The maximum Gasteiger partial charge on any atom is 0.236 e. The number of nitrogens with one attached hydrogen (secondary N) is 1. The first-order valence-corrected chi connectivity index (χ1v) is 6.60. The van der Waals surface area contributed by atoms with Crippen LogP contribution in [-0.4, -0.2) is 30.0 Å². The van der Waals surface area contributed by atoms with E-state index in [4.69, 9.17) is 4.74 Å². The molecule has 0 fully saturated rings. The molecule has 0 aliphatic carbocycles. The number of nitrogens with zero attached hydrogens (tertiary/aromatic N) is 2. The maximum atomic E-state index is 5.75. The number of hydrogen-bond acceptors (Lipinski definition) is 3. The monoisotopic (exact) mass is 259 g/mol. The summed E-state index contributed by atoms with van der Waals surface area (Å²) in [6.07, 6.45) is 0.979. The third-order valence-corrected chi connectivity index (χ3v) is 3.10. The van der Waals surface area contributed by atoms with Crippen LogP contribution in [0.2, 0.25) is 0 Å². The standard InChI is InChI=1S/C15H21N3O/c1-12-14(13-8-5-4-6-9-13)18(3)17-15(12)19-11-7-10-16-2/h4-6,8-9,16H,7,10-11H2,1-3H3. The molecule has 0 atom stereocenters. The van der Waals surface area contributed by atoms with E-state index < -0.39 is 0 Å². The normalized spacial score (nSPS) is 10.7. The summed E-state index contributed by atoms with van der Waals surface area (Å²) in [4.78, 5) is 0. The Morgan fingerprint density at radius 2 is 2.00 bits per heavy atom. The smallest absolute Gasteiger partial charge is 0.236 e. The quantitative estimate of drug-likeness (QED) is 0.810. The highest BCUT2D eigenvalue weighted by Crippen LogP contribution is 2.29. The fraction of sp³-hybridized carbons (Fsp3) is 0.400. The van der Waals surface area contributed by atoms with Crippen LogP contribution in [0.5, 0.6) is 5.88 Å². The molecule has 0 amide bonds. The first-order valence-electron chi connectivity index (χ1n) is 6.60. The zero-order valence-electron chi connectivity index (χ0n) is 11.8. The second-order valence-corrected chi connectivity index (χ2v) is 4.57. The summed E-state index contributed by atoms with van der Waals surface area (Å²) in [5, 5.41) is 7.56. The summed E-state index contributed by atoms with van der Waals surface area (Å²) in [5.41, 5.74) is 3.38. The molecule has 19 heavy (non-hydrogen) atoms. The summed E-state index contributed by atoms with van der Waals surface area (Å²) in [6.45, 7) is 3.70. The van der Waals surface area contributed by atoms with Gasteiger partial charge in [-0.05, 0) is 26.9 Å². The Kier molecular flexibility index (Phi) is 4.58. The van der Waals surface area contributed by atoms with Gasteiger partial charge in [-0.25, -0.2) is 0 Å². The van der Waals surface area contributed by atoms with Gasteiger partial charge in [0.2, 0.25) is 5.88 Å². The number of hydrogen-bond donors (Lipinski definition) is 1. The van der Waals surface area contributed by atoms with Crippen molar-refractivity contribution in [1.29, 1.82) is 0 Å². The average molecular weight is 259 g/mol. The van der Waals surface area contributed by atoms with Crippen LogP contribution in [0.3, 0.4) is 0 Å². The highest BCUT2D eigenvalue weighted by molar-refractivity contribution is 5.65. The molecular formula is C15H21N3O. The van der Waals surface area contributed by atoms with Gasteiger partial charge in [0.15, 0.2) is 0 Å². The fourth-order valence-electron chi connectivity index (χ4n) is 2.16. The van der Waals surface area contributed by atoms with E-state index in [1.807, 2.05) is 37.0 Å².